The highest BCUT2D eigenvalue weighted by Gasteiger charge is 2.27. The van der Waals surface area contributed by atoms with Crippen molar-refractivity contribution in [1.29, 1.82) is 0 Å². The van der Waals surface area contributed by atoms with Gasteiger partial charge < -0.3 is 15.7 Å². The molecule has 0 aliphatic rings. The van der Waals surface area contributed by atoms with Crippen LogP contribution >= 0.6 is 0 Å². The minimum Gasteiger partial charge on any atom is -0.396 e. The van der Waals surface area contributed by atoms with Crippen LogP contribution in [0.1, 0.15) is 24.2 Å². The SMILES string of the molecule is CN(CC(C)(C)O)C(=O)c1cc(N)c(F)cc1[N+](=O)[O-]. The molecular formula is C12H16FN3O4. The Morgan fingerprint density at radius 1 is 1.55 bits per heavy atom. The van der Waals surface area contributed by atoms with Crippen molar-refractivity contribution in [2.45, 2.75) is 19.4 Å². The number of benzene rings is 1. The highest BCUT2D eigenvalue weighted by atomic mass is 19.1. The molecule has 8 heteroatoms. The summed E-state index contributed by atoms with van der Waals surface area (Å²) in [6.07, 6.45) is 0. The molecule has 0 atom stereocenters. The van der Waals surface area contributed by atoms with Crippen molar-refractivity contribution in [3.05, 3.63) is 33.6 Å². The molecule has 0 bridgehead atoms. The predicted molar refractivity (Wildman–Crippen MR) is 70.7 cm³/mol. The van der Waals surface area contributed by atoms with E-state index >= 15 is 0 Å². The maximum Gasteiger partial charge on any atom is 0.285 e. The molecule has 3 N–H and O–H groups in total. The maximum atomic E-state index is 13.3. The monoisotopic (exact) mass is 285 g/mol. The van der Waals surface area contributed by atoms with Crippen molar-refractivity contribution < 1.29 is 19.2 Å². The van der Waals surface area contributed by atoms with Gasteiger partial charge in [0, 0.05) is 13.6 Å². The van der Waals surface area contributed by atoms with E-state index in [1.165, 1.54) is 20.9 Å². The van der Waals surface area contributed by atoms with Gasteiger partial charge in [0.15, 0.2) is 5.82 Å². The normalized spacial score (nSPS) is 11.2. The van der Waals surface area contributed by atoms with Gasteiger partial charge in [0.25, 0.3) is 11.6 Å². The number of carbonyl (C=O) groups is 1. The second-order valence-corrected chi connectivity index (χ2v) is 5.12. The molecule has 0 heterocycles. The lowest BCUT2D eigenvalue weighted by molar-refractivity contribution is -0.385. The number of likely N-dealkylation sites (N-methyl/N-ethyl adjacent to an activating group) is 1. The first-order valence-electron chi connectivity index (χ1n) is 5.74. The van der Waals surface area contributed by atoms with Gasteiger partial charge in [0.1, 0.15) is 5.56 Å². The van der Waals surface area contributed by atoms with Crippen molar-refractivity contribution in [1.82, 2.24) is 4.90 Å². The number of nitrogen functional groups attached to an aromatic ring is 1. The fourth-order valence-electron chi connectivity index (χ4n) is 1.76. The average molecular weight is 285 g/mol. The molecule has 0 unspecified atom stereocenters. The Kier molecular flexibility index (Phi) is 4.29. The Hall–Kier alpha value is -2.22. The number of nitrogens with zero attached hydrogens (tertiary/aromatic N) is 2. The van der Waals surface area contributed by atoms with Gasteiger partial charge in [-0.2, -0.15) is 0 Å². The Balaban J connectivity index is 3.21. The first-order valence-corrected chi connectivity index (χ1v) is 5.74. The van der Waals surface area contributed by atoms with Crippen LogP contribution in [0.2, 0.25) is 0 Å². The summed E-state index contributed by atoms with van der Waals surface area (Å²) in [5, 5.41) is 20.5. The van der Waals surface area contributed by atoms with Crippen molar-refractivity contribution in [3.63, 3.8) is 0 Å². The largest absolute Gasteiger partial charge is 0.396 e. The van der Waals surface area contributed by atoms with Crippen LogP contribution in [0.4, 0.5) is 15.8 Å². The Morgan fingerprint density at radius 3 is 2.55 bits per heavy atom. The highest BCUT2D eigenvalue weighted by Crippen LogP contribution is 2.25. The van der Waals surface area contributed by atoms with Crippen molar-refractivity contribution in [2.24, 2.45) is 0 Å². The van der Waals surface area contributed by atoms with Gasteiger partial charge in [-0.3, -0.25) is 14.9 Å². The molecule has 7 nitrogen and oxygen atoms in total. The maximum absolute atomic E-state index is 13.3. The van der Waals surface area contributed by atoms with E-state index in [9.17, 15) is 24.4 Å². The molecular weight excluding hydrogens is 269 g/mol. The smallest absolute Gasteiger partial charge is 0.285 e. The van der Waals surface area contributed by atoms with Crippen molar-refractivity contribution in [3.8, 4) is 0 Å². The zero-order valence-corrected chi connectivity index (χ0v) is 11.4. The average Bonchev–Trinajstić information content (AvgIpc) is 2.28. The van der Waals surface area contributed by atoms with Crippen LogP contribution in [0.3, 0.4) is 0 Å². The number of nitrogens with two attached hydrogens (primary N) is 1. The summed E-state index contributed by atoms with van der Waals surface area (Å²) >= 11 is 0. The third-order valence-corrected chi connectivity index (χ3v) is 2.51. The van der Waals surface area contributed by atoms with Gasteiger partial charge in [0.2, 0.25) is 0 Å². The lowest BCUT2D eigenvalue weighted by Gasteiger charge is -2.25. The second kappa shape index (κ2) is 5.41. The van der Waals surface area contributed by atoms with E-state index in [0.29, 0.717) is 6.07 Å². The number of rotatable bonds is 4. The summed E-state index contributed by atoms with van der Waals surface area (Å²) in [4.78, 5) is 23.3. The fourth-order valence-corrected chi connectivity index (χ4v) is 1.76. The molecule has 0 spiro atoms. The van der Waals surface area contributed by atoms with Gasteiger partial charge in [-0.25, -0.2) is 4.39 Å². The second-order valence-electron chi connectivity index (χ2n) is 5.12. The number of hydrogen-bond acceptors (Lipinski definition) is 5. The van der Waals surface area contributed by atoms with E-state index in [-0.39, 0.29) is 17.8 Å². The number of nitro groups is 1. The van der Waals surface area contributed by atoms with Gasteiger partial charge in [0.05, 0.1) is 22.3 Å². The fraction of sp³-hybridized carbons (Fsp3) is 0.417. The molecule has 0 fully saturated rings. The van der Waals surface area contributed by atoms with Gasteiger partial charge in [-0.1, -0.05) is 0 Å². The van der Waals surface area contributed by atoms with Crippen LogP contribution in [-0.2, 0) is 0 Å². The zero-order valence-electron chi connectivity index (χ0n) is 11.4. The van der Waals surface area contributed by atoms with E-state index in [1.807, 2.05) is 0 Å². The third kappa shape index (κ3) is 3.64. The number of amides is 1. The Bertz CT molecular complexity index is 554. The summed E-state index contributed by atoms with van der Waals surface area (Å²) < 4.78 is 13.3. The molecule has 0 aliphatic heterocycles. The number of aliphatic hydroxyl groups is 1. The minimum atomic E-state index is -1.16. The molecule has 0 aliphatic carbocycles. The molecule has 20 heavy (non-hydrogen) atoms. The molecule has 0 aromatic heterocycles. The van der Waals surface area contributed by atoms with E-state index in [0.717, 1.165) is 11.0 Å². The first-order chi connectivity index (χ1) is 9.03. The minimum absolute atomic E-state index is 0.0414. The molecule has 0 radical (unpaired) electrons. The van der Waals surface area contributed by atoms with Crippen LogP contribution in [0.25, 0.3) is 0 Å². The topological polar surface area (TPSA) is 110 Å². The summed E-state index contributed by atoms with van der Waals surface area (Å²) in [7, 11) is 1.38. The number of nitro benzene ring substituents is 1. The van der Waals surface area contributed by atoms with Gasteiger partial charge >= 0.3 is 0 Å². The van der Waals surface area contributed by atoms with Crippen LogP contribution < -0.4 is 5.73 Å². The highest BCUT2D eigenvalue weighted by molar-refractivity contribution is 5.99. The lowest BCUT2D eigenvalue weighted by atomic mass is 10.1. The molecule has 1 rings (SSSR count). The number of carbonyl (C=O) groups excluding carboxylic acids is 1. The van der Waals surface area contributed by atoms with Crippen molar-refractivity contribution in [2.75, 3.05) is 19.3 Å². The van der Waals surface area contributed by atoms with Crippen molar-refractivity contribution >= 4 is 17.3 Å². The lowest BCUT2D eigenvalue weighted by Crippen LogP contribution is -2.39. The molecule has 0 saturated carbocycles. The summed E-state index contributed by atoms with van der Waals surface area (Å²) in [6, 6.07) is 1.54. The third-order valence-electron chi connectivity index (χ3n) is 2.51. The van der Waals surface area contributed by atoms with Crippen LogP contribution in [0.5, 0.6) is 0 Å². The van der Waals surface area contributed by atoms with E-state index < -0.39 is 27.9 Å². The van der Waals surface area contributed by atoms with Crippen LogP contribution in [-0.4, -0.2) is 40.0 Å². The van der Waals surface area contributed by atoms with Crippen LogP contribution in [0.15, 0.2) is 12.1 Å². The van der Waals surface area contributed by atoms with E-state index in [4.69, 9.17) is 5.73 Å². The molecule has 1 aromatic rings. The molecule has 1 aromatic carbocycles. The van der Waals surface area contributed by atoms with E-state index in [2.05, 4.69) is 0 Å². The first kappa shape index (κ1) is 15.8. The Morgan fingerprint density at radius 2 is 2.10 bits per heavy atom. The summed E-state index contributed by atoms with van der Waals surface area (Å²) in [5.74, 6) is -1.68. The Labute approximate surface area is 114 Å². The predicted octanol–water partition coefficient (Wildman–Crippen LogP) is 1.16. The standard InChI is InChI=1S/C12H16FN3O4/c1-12(2,18)6-15(3)11(17)7-4-9(14)8(13)5-10(7)16(19)20/h4-5,18H,6,14H2,1-3H3. The van der Waals surface area contributed by atoms with Gasteiger partial charge in [-0.05, 0) is 19.9 Å². The summed E-state index contributed by atoms with van der Waals surface area (Å²) in [6.45, 7) is 2.94. The zero-order chi connectivity index (χ0) is 15.7. The van der Waals surface area contributed by atoms with Crippen LogP contribution in [0, 0.1) is 15.9 Å². The van der Waals surface area contributed by atoms with E-state index in [1.54, 1.807) is 0 Å². The quantitative estimate of drug-likeness (QED) is 0.490. The number of hydrogen-bond donors (Lipinski definition) is 2. The molecule has 1 amide bonds. The number of halogens is 1. The molecule has 0 saturated heterocycles. The van der Waals surface area contributed by atoms with Gasteiger partial charge in [-0.15, -0.1) is 0 Å². The molecule has 110 valence electrons. The summed E-state index contributed by atoms with van der Waals surface area (Å²) in [5.41, 5.74) is 2.84. The number of anilines is 1.